The maximum absolute atomic E-state index is 8.95. The number of aromatic nitrogens is 1. The summed E-state index contributed by atoms with van der Waals surface area (Å²) in [5, 5.41) is 8.95. The van der Waals surface area contributed by atoms with E-state index in [0.717, 1.165) is 5.56 Å². The third-order valence-electron chi connectivity index (χ3n) is 2.51. The number of nitrogens with zero attached hydrogens (tertiary/aromatic N) is 2. The number of ether oxygens (including phenoxy) is 1. The van der Waals surface area contributed by atoms with E-state index in [-0.39, 0.29) is 6.04 Å². The predicted molar refractivity (Wildman–Crippen MR) is 68.1 cm³/mol. The highest BCUT2D eigenvalue weighted by atomic mass is 16.5. The van der Waals surface area contributed by atoms with Crippen LogP contribution in [-0.4, -0.2) is 4.98 Å². The first-order valence-corrected chi connectivity index (χ1v) is 5.59. The predicted octanol–water partition coefficient (Wildman–Crippen LogP) is 2.77. The second-order valence-corrected chi connectivity index (χ2v) is 3.93. The van der Waals surface area contributed by atoms with Crippen molar-refractivity contribution in [1.29, 1.82) is 5.26 Å². The lowest BCUT2D eigenvalue weighted by molar-refractivity contribution is 0.461. The molecule has 2 N–H and O–H groups in total. The first-order valence-electron chi connectivity index (χ1n) is 5.59. The summed E-state index contributed by atoms with van der Waals surface area (Å²) >= 11 is 0. The molecule has 0 amide bonds. The van der Waals surface area contributed by atoms with Gasteiger partial charge in [-0.05, 0) is 24.6 Å². The van der Waals surface area contributed by atoms with E-state index in [1.807, 2.05) is 19.1 Å². The molecule has 0 saturated heterocycles. The SMILES string of the molecule is CC(N)c1ccc(Oc2ccccc2C#N)nc1. The average molecular weight is 239 g/mol. The molecule has 90 valence electrons. The smallest absolute Gasteiger partial charge is 0.219 e. The first kappa shape index (κ1) is 12.1. The van der Waals surface area contributed by atoms with Gasteiger partial charge in [-0.25, -0.2) is 4.98 Å². The van der Waals surface area contributed by atoms with Crippen molar-refractivity contribution in [3.63, 3.8) is 0 Å². The van der Waals surface area contributed by atoms with E-state index in [4.69, 9.17) is 15.7 Å². The van der Waals surface area contributed by atoms with E-state index < -0.39 is 0 Å². The van der Waals surface area contributed by atoms with Gasteiger partial charge in [0, 0.05) is 18.3 Å². The van der Waals surface area contributed by atoms with Crippen LogP contribution in [0.2, 0.25) is 0 Å². The fraction of sp³-hybridized carbons (Fsp3) is 0.143. The summed E-state index contributed by atoms with van der Waals surface area (Å²) in [6.07, 6.45) is 1.68. The molecule has 1 unspecified atom stereocenters. The Morgan fingerprint density at radius 2 is 2.06 bits per heavy atom. The van der Waals surface area contributed by atoms with Crippen LogP contribution in [0.25, 0.3) is 0 Å². The standard InChI is InChI=1S/C14H13N3O/c1-10(16)12-6-7-14(17-9-12)18-13-5-3-2-4-11(13)8-15/h2-7,9-10H,16H2,1H3. The molecule has 0 fully saturated rings. The Kier molecular flexibility index (Phi) is 3.56. The molecule has 0 radical (unpaired) electrons. The van der Waals surface area contributed by atoms with E-state index in [2.05, 4.69) is 11.1 Å². The van der Waals surface area contributed by atoms with Crippen LogP contribution in [0, 0.1) is 11.3 Å². The van der Waals surface area contributed by atoms with Crippen LogP contribution >= 0.6 is 0 Å². The lowest BCUT2D eigenvalue weighted by Gasteiger charge is -2.08. The Morgan fingerprint density at radius 3 is 2.67 bits per heavy atom. The van der Waals surface area contributed by atoms with Crippen molar-refractivity contribution in [2.75, 3.05) is 0 Å². The zero-order chi connectivity index (χ0) is 13.0. The molecule has 4 nitrogen and oxygen atoms in total. The van der Waals surface area contributed by atoms with E-state index in [1.54, 1.807) is 30.5 Å². The zero-order valence-electron chi connectivity index (χ0n) is 10.00. The summed E-state index contributed by atoms with van der Waals surface area (Å²) in [6, 6.07) is 12.7. The number of nitrogens with two attached hydrogens (primary N) is 1. The van der Waals surface area contributed by atoms with Crippen LogP contribution in [-0.2, 0) is 0 Å². The number of rotatable bonds is 3. The van der Waals surface area contributed by atoms with Crippen molar-refractivity contribution in [3.05, 3.63) is 53.7 Å². The molecule has 18 heavy (non-hydrogen) atoms. The van der Waals surface area contributed by atoms with Crippen molar-refractivity contribution in [1.82, 2.24) is 4.98 Å². The highest BCUT2D eigenvalue weighted by Gasteiger charge is 2.05. The highest BCUT2D eigenvalue weighted by Crippen LogP contribution is 2.23. The van der Waals surface area contributed by atoms with Gasteiger partial charge in [-0.1, -0.05) is 18.2 Å². The van der Waals surface area contributed by atoms with Gasteiger partial charge < -0.3 is 10.5 Å². The Morgan fingerprint density at radius 1 is 1.28 bits per heavy atom. The molecule has 1 aromatic heterocycles. The van der Waals surface area contributed by atoms with Crippen LogP contribution in [0.3, 0.4) is 0 Å². The zero-order valence-corrected chi connectivity index (χ0v) is 10.00. The molecular formula is C14H13N3O. The lowest BCUT2D eigenvalue weighted by atomic mass is 10.2. The average Bonchev–Trinajstić information content (AvgIpc) is 2.40. The third kappa shape index (κ3) is 2.65. The molecule has 2 rings (SSSR count). The van der Waals surface area contributed by atoms with E-state index in [9.17, 15) is 0 Å². The van der Waals surface area contributed by atoms with Gasteiger partial charge in [0.1, 0.15) is 11.8 Å². The number of hydrogen-bond donors (Lipinski definition) is 1. The number of pyridine rings is 1. The van der Waals surface area contributed by atoms with Crippen LogP contribution in [0.5, 0.6) is 11.6 Å². The minimum absolute atomic E-state index is 0.0575. The van der Waals surface area contributed by atoms with E-state index in [1.165, 1.54) is 0 Å². The molecule has 1 heterocycles. The fourth-order valence-electron chi connectivity index (χ4n) is 1.48. The molecule has 1 atom stereocenters. The quantitative estimate of drug-likeness (QED) is 0.893. The topological polar surface area (TPSA) is 71.9 Å². The minimum atomic E-state index is -0.0575. The van der Waals surface area contributed by atoms with E-state index >= 15 is 0 Å². The fourth-order valence-corrected chi connectivity index (χ4v) is 1.48. The second-order valence-electron chi connectivity index (χ2n) is 3.93. The largest absolute Gasteiger partial charge is 0.438 e. The van der Waals surface area contributed by atoms with Gasteiger partial charge in [0.15, 0.2) is 0 Å². The Hall–Kier alpha value is -2.38. The number of para-hydroxylation sites is 1. The highest BCUT2D eigenvalue weighted by molar-refractivity contribution is 5.44. The molecule has 0 bridgehead atoms. The molecular weight excluding hydrogens is 226 g/mol. The number of benzene rings is 1. The van der Waals surface area contributed by atoms with Crippen molar-refractivity contribution in [2.45, 2.75) is 13.0 Å². The molecule has 1 aromatic carbocycles. The Bertz CT molecular complexity index is 570. The molecule has 0 aliphatic rings. The molecule has 0 spiro atoms. The Balaban J connectivity index is 2.22. The maximum atomic E-state index is 8.95. The van der Waals surface area contributed by atoms with Crippen LogP contribution in [0.1, 0.15) is 24.1 Å². The summed E-state index contributed by atoms with van der Waals surface area (Å²) in [5.41, 5.74) is 7.16. The number of hydrogen-bond acceptors (Lipinski definition) is 4. The van der Waals surface area contributed by atoms with Gasteiger partial charge >= 0.3 is 0 Å². The summed E-state index contributed by atoms with van der Waals surface area (Å²) in [4.78, 5) is 4.16. The summed E-state index contributed by atoms with van der Waals surface area (Å²) in [6.45, 7) is 1.89. The van der Waals surface area contributed by atoms with Crippen LogP contribution < -0.4 is 10.5 Å². The number of nitriles is 1. The summed E-state index contributed by atoms with van der Waals surface area (Å²) in [7, 11) is 0. The van der Waals surface area contributed by atoms with E-state index in [0.29, 0.717) is 17.2 Å². The van der Waals surface area contributed by atoms with Gasteiger partial charge in [-0.3, -0.25) is 0 Å². The normalized spacial score (nSPS) is 11.6. The molecule has 0 aliphatic heterocycles. The van der Waals surface area contributed by atoms with Crippen LogP contribution in [0.15, 0.2) is 42.6 Å². The second kappa shape index (κ2) is 5.30. The maximum Gasteiger partial charge on any atom is 0.219 e. The molecule has 0 aliphatic carbocycles. The van der Waals surface area contributed by atoms with Gasteiger partial charge in [0.2, 0.25) is 5.88 Å². The molecule has 0 saturated carbocycles. The third-order valence-corrected chi connectivity index (χ3v) is 2.51. The minimum Gasteiger partial charge on any atom is -0.438 e. The first-order chi connectivity index (χ1) is 8.70. The van der Waals surface area contributed by atoms with Gasteiger partial charge in [-0.2, -0.15) is 5.26 Å². The Labute approximate surface area is 106 Å². The van der Waals surface area contributed by atoms with Crippen molar-refractivity contribution < 1.29 is 4.74 Å². The van der Waals surface area contributed by atoms with Crippen molar-refractivity contribution >= 4 is 0 Å². The lowest BCUT2D eigenvalue weighted by Crippen LogP contribution is -2.05. The summed E-state index contributed by atoms with van der Waals surface area (Å²) < 4.78 is 5.56. The van der Waals surface area contributed by atoms with Crippen LogP contribution in [0.4, 0.5) is 0 Å². The molecule has 4 heteroatoms. The van der Waals surface area contributed by atoms with Gasteiger partial charge in [0.05, 0.1) is 5.56 Å². The van der Waals surface area contributed by atoms with Gasteiger partial charge in [0.25, 0.3) is 0 Å². The van der Waals surface area contributed by atoms with Crippen molar-refractivity contribution in [3.8, 4) is 17.7 Å². The molecule has 2 aromatic rings. The van der Waals surface area contributed by atoms with Crippen molar-refractivity contribution in [2.24, 2.45) is 5.73 Å². The summed E-state index contributed by atoms with van der Waals surface area (Å²) in [5.74, 6) is 0.947. The van der Waals surface area contributed by atoms with Gasteiger partial charge in [-0.15, -0.1) is 0 Å². The monoisotopic (exact) mass is 239 g/mol.